The lowest BCUT2D eigenvalue weighted by atomic mass is 10.1. The number of ether oxygens (including phenoxy) is 2. The highest BCUT2D eigenvalue weighted by Crippen LogP contribution is 2.40. The van der Waals surface area contributed by atoms with Crippen molar-refractivity contribution in [2.24, 2.45) is 0 Å². The van der Waals surface area contributed by atoms with E-state index >= 15 is 0 Å². The summed E-state index contributed by atoms with van der Waals surface area (Å²) in [4.78, 5) is 39.2. The van der Waals surface area contributed by atoms with Gasteiger partial charge in [0.05, 0.1) is 27.2 Å². The zero-order valence-electron chi connectivity index (χ0n) is 21.9. The summed E-state index contributed by atoms with van der Waals surface area (Å²) in [6.45, 7) is 2.03. The van der Waals surface area contributed by atoms with Crippen LogP contribution in [0.1, 0.15) is 18.1 Å². The molecule has 1 heterocycles. The molecule has 0 atom stereocenters. The second kappa shape index (κ2) is 12.7. The molecule has 0 saturated carbocycles. The Balaban J connectivity index is 1.33. The van der Waals surface area contributed by atoms with Crippen molar-refractivity contribution in [3.05, 3.63) is 105 Å². The van der Waals surface area contributed by atoms with Crippen LogP contribution < -0.4 is 14.8 Å². The number of para-hydroxylation sites is 1. The maximum absolute atomic E-state index is 13.0. The fourth-order valence-corrected chi connectivity index (χ4v) is 5.62. The van der Waals surface area contributed by atoms with Gasteiger partial charge in [-0.15, -0.1) is 0 Å². The summed E-state index contributed by atoms with van der Waals surface area (Å²) < 4.78 is 11.9. The van der Waals surface area contributed by atoms with Crippen molar-refractivity contribution in [1.29, 1.82) is 0 Å². The number of nitrogens with zero attached hydrogens (tertiary/aromatic N) is 1. The standard InChI is InChI=1S/C31H24Cl2N2O5S/c1-2-39-26-15-19(14-24(33)29(26)40-18-21-10-7-9-20-8-3-4-11-22(20)21)16-27-30(37)35(31(38)41-27)17-28(36)34-25-13-6-5-12-23(25)32/h3-16H,2,17-18H2,1H3,(H,34,36)/b27-16+. The Labute approximate surface area is 251 Å². The van der Waals surface area contributed by atoms with Gasteiger partial charge in [-0.2, -0.15) is 0 Å². The first-order chi connectivity index (χ1) is 19.8. The molecule has 3 amide bonds. The number of halogens is 2. The molecular formula is C31H24Cl2N2O5S. The summed E-state index contributed by atoms with van der Waals surface area (Å²) in [7, 11) is 0. The number of carbonyl (C=O) groups is 3. The number of amides is 3. The van der Waals surface area contributed by atoms with E-state index in [2.05, 4.69) is 5.32 Å². The molecule has 10 heteroatoms. The molecule has 7 nitrogen and oxygen atoms in total. The fraction of sp³-hybridized carbons (Fsp3) is 0.129. The maximum Gasteiger partial charge on any atom is 0.294 e. The van der Waals surface area contributed by atoms with E-state index in [1.54, 1.807) is 42.5 Å². The molecule has 1 N–H and O–H groups in total. The van der Waals surface area contributed by atoms with Gasteiger partial charge in [0.1, 0.15) is 13.2 Å². The highest BCUT2D eigenvalue weighted by atomic mass is 35.5. The molecule has 0 aliphatic carbocycles. The van der Waals surface area contributed by atoms with Crippen LogP contribution in [0, 0.1) is 0 Å². The summed E-state index contributed by atoms with van der Waals surface area (Å²) in [5.41, 5.74) is 1.93. The monoisotopic (exact) mass is 606 g/mol. The van der Waals surface area contributed by atoms with E-state index < -0.39 is 23.6 Å². The molecule has 4 aromatic rings. The second-order valence-electron chi connectivity index (χ2n) is 8.99. The van der Waals surface area contributed by atoms with Crippen molar-refractivity contribution in [3.8, 4) is 11.5 Å². The van der Waals surface area contributed by atoms with Crippen molar-refractivity contribution >= 4 is 74.6 Å². The van der Waals surface area contributed by atoms with E-state index in [1.807, 2.05) is 49.4 Å². The van der Waals surface area contributed by atoms with Gasteiger partial charge in [-0.1, -0.05) is 77.8 Å². The lowest BCUT2D eigenvalue weighted by Crippen LogP contribution is -2.36. The lowest BCUT2D eigenvalue weighted by molar-refractivity contribution is -0.127. The zero-order valence-corrected chi connectivity index (χ0v) is 24.2. The molecule has 0 radical (unpaired) electrons. The predicted molar refractivity (Wildman–Crippen MR) is 164 cm³/mol. The van der Waals surface area contributed by atoms with Crippen molar-refractivity contribution in [1.82, 2.24) is 4.90 Å². The second-order valence-corrected chi connectivity index (χ2v) is 10.8. The summed E-state index contributed by atoms with van der Waals surface area (Å²) in [6, 6.07) is 24.1. The number of imide groups is 1. The van der Waals surface area contributed by atoms with Gasteiger partial charge in [0, 0.05) is 0 Å². The van der Waals surface area contributed by atoms with Crippen molar-refractivity contribution in [3.63, 3.8) is 0 Å². The predicted octanol–water partition coefficient (Wildman–Crippen LogP) is 7.80. The van der Waals surface area contributed by atoms with E-state index in [1.165, 1.54) is 0 Å². The lowest BCUT2D eigenvalue weighted by Gasteiger charge is -2.15. The van der Waals surface area contributed by atoms with Gasteiger partial charge in [0.15, 0.2) is 11.5 Å². The van der Waals surface area contributed by atoms with Crippen LogP contribution in [0.15, 0.2) is 83.8 Å². The van der Waals surface area contributed by atoms with Crippen LogP contribution in [-0.2, 0) is 16.2 Å². The Kier molecular flexibility index (Phi) is 8.83. The molecule has 0 aromatic heterocycles. The summed E-state index contributed by atoms with van der Waals surface area (Å²) in [5, 5.41) is 4.89. The van der Waals surface area contributed by atoms with Gasteiger partial charge in [-0.05, 0) is 70.9 Å². The van der Waals surface area contributed by atoms with E-state index in [0.717, 1.165) is 33.0 Å². The van der Waals surface area contributed by atoms with Gasteiger partial charge in [-0.25, -0.2) is 0 Å². The average molecular weight is 608 g/mol. The van der Waals surface area contributed by atoms with Crippen LogP contribution in [0.25, 0.3) is 16.8 Å². The van der Waals surface area contributed by atoms with Crippen molar-refractivity contribution in [2.45, 2.75) is 13.5 Å². The third kappa shape index (κ3) is 6.51. The number of carbonyl (C=O) groups excluding carboxylic acids is 3. The minimum absolute atomic E-state index is 0.156. The molecule has 5 rings (SSSR count). The van der Waals surface area contributed by atoms with Crippen LogP contribution in [0.2, 0.25) is 10.0 Å². The first kappa shape index (κ1) is 28.5. The molecule has 0 unspecified atom stereocenters. The highest BCUT2D eigenvalue weighted by Gasteiger charge is 2.36. The van der Waals surface area contributed by atoms with Gasteiger partial charge in [0.25, 0.3) is 11.1 Å². The molecule has 1 fully saturated rings. The van der Waals surface area contributed by atoms with Crippen LogP contribution in [0.4, 0.5) is 10.5 Å². The van der Waals surface area contributed by atoms with Gasteiger partial charge in [0.2, 0.25) is 5.91 Å². The Morgan fingerprint density at radius 3 is 2.51 bits per heavy atom. The SMILES string of the molecule is CCOc1cc(/C=C2/SC(=O)N(CC(=O)Nc3ccccc3Cl)C2=O)cc(Cl)c1OCc1cccc2ccccc12. The molecule has 0 bridgehead atoms. The Morgan fingerprint density at radius 1 is 0.951 bits per heavy atom. The number of benzene rings is 4. The molecular weight excluding hydrogens is 583 g/mol. The first-order valence-corrected chi connectivity index (χ1v) is 14.3. The fourth-order valence-electron chi connectivity index (χ4n) is 4.33. The third-order valence-electron chi connectivity index (χ3n) is 6.20. The molecule has 1 saturated heterocycles. The number of fused-ring (bicyclic) bond motifs is 1. The van der Waals surface area contributed by atoms with E-state index in [4.69, 9.17) is 32.7 Å². The van der Waals surface area contributed by atoms with Gasteiger partial charge < -0.3 is 14.8 Å². The summed E-state index contributed by atoms with van der Waals surface area (Å²) in [6.07, 6.45) is 1.54. The quantitative estimate of drug-likeness (QED) is 0.196. The summed E-state index contributed by atoms with van der Waals surface area (Å²) in [5.74, 6) is -0.344. The Hall–Kier alpha value is -3.98. The number of hydrogen-bond acceptors (Lipinski definition) is 6. The number of nitrogens with one attached hydrogen (secondary N) is 1. The molecule has 4 aromatic carbocycles. The van der Waals surface area contributed by atoms with Crippen molar-refractivity contribution in [2.75, 3.05) is 18.5 Å². The molecule has 1 aliphatic heterocycles. The number of thioether (sulfide) groups is 1. The molecule has 41 heavy (non-hydrogen) atoms. The average Bonchev–Trinajstić information content (AvgIpc) is 3.21. The van der Waals surface area contributed by atoms with Gasteiger partial charge in [-0.3, -0.25) is 19.3 Å². The van der Waals surface area contributed by atoms with Gasteiger partial charge >= 0.3 is 0 Å². The zero-order chi connectivity index (χ0) is 28.9. The number of anilines is 1. The number of hydrogen-bond donors (Lipinski definition) is 1. The third-order valence-corrected chi connectivity index (χ3v) is 7.72. The Morgan fingerprint density at radius 2 is 1.71 bits per heavy atom. The topological polar surface area (TPSA) is 84.9 Å². The Bertz CT molecular complexity index is 1690. The molecule has 208 valence electrons. The van der Waals surface area contributed by atoms with Crippen molar-refractivity contribution < 1.29 is 23.9 Å². The minimum atomic E-state index is -0.584. The number of rotatable bonds is 9. The van der Waals surface area contributed by atoms with Crippen LogP contribution in [-0.4, -0.2) is 35.1 Å². The minimum Gasteiger partial charge on any atom is -0.490 e. The normalized spacial score (nSPS) is 14.1. The smallest absolute Gasteiger partial charge is 0.294 e. The van der Waals surface area contributed by atoms with E-state index in [9.17, 15) is 14.4 Å². The van der Waals surface area contributed by atoms with Crippen LogP contribution in [0.3, 0.4) is 0 Å². The summed E-state index contributed by atoms with van der Waals surface area (Å²) >= 11 is 13.5. The highest BCUT2D eigenvalue weighted by molar-refractivity contribution is 8.18. The maximum atomic E-state index is 13.0. The molecule has 0 spiro atoms. The van der Waals surface area contributed by atoms with Crippen LogP contribution in [0.5, 0.6) is 11.5 Å². The first-order valence-electron chi connectivity index (χ1n) is 12.7. The largest absolute Gasteiger partial charge is 0.490 e. The molecule has 1 aliphatic rings. The van der Waals surface area contributed by atoms with Crippen LogP contribution >= 0.6 is 35.0 Å². The van der Waals surface area contributed by atoms with E-state index in [0.29, 0.717) is 39.4 Å². The van der Waals surface area contributed by atoms with E-state index in [-0.39, 0.29) is 11.5 Å².